The molecule has 0 N–H and O–H groups in total. The first-order chi connectivity index (χ1) is 9.76. The van der Waals surface area contributed by atoms with Crippen molar-refractivity contribution in [1.82, 2.24) is 15.1 Å². The summed E-state index contributed by atoms with van der Waals surface area (Å²) in [6, 6.07) is 7.69. The molecule has 5 nitrogen and oxygen atoms in total. The summed E-state index contributed by atoms with van der Waals surface area (Å²) in [7, 11) is 0. The van der Waals surface area contributed by atoms with Gasteiger partial charge in [0.2, 0.25) is 11.7 Å². The van der Waals surface area contributed by atoms with E-state index in [1.807, 2.05) is 17.5 Å². The Bertz CT molecular complexity index is 776. The molecule has 0 aliphatic rings. The normalized spacial score (nSPS) is 10.4. The summed E-state index contributed by atoms with van der Waals surface area (Å²) in [5, 5.41) is 15.6. The van der Waals surface area contributed by atoms with E-state index < -0.39 is 0 Å². The van der Waals surface area contributed by atoms with E-state index in [1.54, 1.807) is 12.3 Å². The molecule has 7 heteroatoms. The van der Waals surface area contributed by atoms with Crippen molar-refractivity contribution in [1.29, 1.82) is 5.26 Å². The fraction of sp³-hybridized carbons (Fsp3) is 0.0769. The molecule has 3 rings (SSSR count). The standard InChI is InChI=1S/C13H7BrN4OS/c14-10-2-1-8(9(5-10)7-15)6-11-17-12(18-19-11)13-16-3-4-20-13/h1-5H,6H2. The third-order valence-electron chi connectivity index (χ3n) is 2.63. The lowest BCUT2D eigenvalue weighted by atomic mass is 10.1. The molecule has 1 aromatic carbocycles. The van der Waals surface area contributed by atoms with Gasteiger partial charge in [-0.3, -0.25) is 0 Å². The lowest BCUT2D eigenvalue weighted by Crippen LogP contribution is -1.93. The van der Waals surface area contributed by atoms with Crippen LogP contribution in [0.4, 0.5) is 0 Å². The van der Waals surface area contributed by atoms with Crippen LogP contribution in [-0.4, -0.2) is 15.1 Å². The molecule has 2 aromatic heterocycles. The van der Waals surface area contributed by atoms with Crippen LogP contribution >= 0.6 is 27.3 Å². The molecular weight excluding hydrogens is 340 g/mol. The van der Waals surface area contributed by atoms with E-state index in [4.69, 9.17) is 9.78 Å². The Kier molecular flexibility index (Phi) is 3.58. The van der Waals surface area contributed by atoms with Gasteiger partial charge in [0.1, 0.15) is 0 Å². The minimum absolute atomic E-state index is 0.425. The van der Waals surface area contributed by atoms with Crippen LogP contribution in [0.2, 0.25) is 0 Å². The Morgan fingerprint density at radius 1 is 1.40 bits per heavy atom. The van der Waals surface area contributed by atoms with Crippen LogP contribution in [0.25, 0.3) is 10.8 Å². The first kappa shape index (κ1) is 13.0. The number of halogens is 1. The predicted molar refractivity (Wildman–Crippen MR) is 77.1 cm³/mol. The Morgan fingerprint density at radius 2 is 2.30 bits per heavy atom. The second kappa shape index (κ2) is 5.53. The third-order valence-corrected chi connectivity index (χ3v) is 3.89. The molecular formula is C13H7BrN4OS. The molecule has 3 aromatic rings. The molecule has 20 heavy (non-hydrogen) atoms. The van der Waals surface area contributed by atoms with Crippen molar-refractivity contribution < 1.29 is 4.52 Å². The highest BCUT2D eigenvalue weighted by molar-refractivity contribution is 9.10. The van der Waals surface area contributed by atoms with E-state index in [0.29, 0.717) is 23.7 Å². The highest BCUT2D eigenvalue weighted by Crippen LogP contribution is 2.21. The lowest BCUT2D eigenvalue weighted by Gasteiger charge is -2.00. The number of nitrogens with zero attached hydrogens (tertiary/aromatic N) is 4. The molecule has 98 valence electrons. The van der Waals surface area contributed by atoms with Crippen molar-refractivity contribution in [3.8, 4) is 16.9 Å². The van der Waals surface area contributed by atoms with Gasteiger partial charge in [-0.25, -0.2) is 4.98 Å². The van der Waals surface area contributed by atoms with Gasteiger partial charge >= 0.3 is 0 Å². The third kappa shape index (κ3) is 2.61. The number of hydrogen-bond donors (Lipinski definition) is 0. The predicted octanol–water partition coefficient (Wildman–Crippen LogP) is 3.42. The van der Waals surface area contributed by atoms with Crippen LogP contribution in [0.1, 0.15) is 17.0 Å². The van der Waals surface area contributed by atoms with Crippen LogP contribution in [0.3, 0.4) is 0 Å². The lowest BCUT2D eigenvalue weighted by molar-refractivity contribution is 0.385. The van der Waals surface area contributed by atoms with Gasteiger partial charge in [-0.2, -0.15) is 10.2 Å². The van der Waals surface area contributed by atoms with E-state index in [2.05, 4.69) is 37.1 Å². The highest BCUT2D eigenvalue weighted by atomic mass is 79.9. The molecule has 0 bridgehead atoms. The van der Waals surface area contributed by atoms with E-state index in [9.17, 15) is 0 Å². The minimum Gasteiger partial charge on any atom is -0.339 e. The van der Waals surface area contributed by atoms with Crippen molar-refractivity contribution in [2.45, 2.75) is 6.42 Å². The smallest absolute Gasteiger partial charge is 0.231 e. The second-order valence-electron chi connectivity index (χ2n) is 3.94. The maximum atomic E-state index is 9.13. The van der Waals surface area contributed by atoms with Gasteiger partial charge in [0, 0.05) is 16.0 Å². The zero-order chi connectivity index (χ0) is 13.9. The summed E-state index contributed by atoms with van der Waals surface area (Å²) >= 11 is 4.79. The monoisotopic (exact) mass is 346 g/mol. The van der Waals surface area contributed by atoms with Gasteiger partial charge in [0.25, 0.3) is 0 Å². The second-order valence-corrected chi connectivity index (χ2v) is 5.75. The molecule has 0 fully saturated rings. The summed E-state index contributed by atoms with van der Waals surface area (Å²) in [5.41, 5.74) is 1.44. The van der Waals surface area contributed by atoms with Crippen molar-refractivity contribution in [3.63, 3.8) is 0 Å². The van der Waals surface area contributed by atoms with Crippen molar-refractivity contribution in [3.05, 3.63) is 51.3 Å². The van der Waals surface area contributed by atoms with Crippen molar-refractivity contribution >= 4 is 27.3 Å². The van der Waals surface area contributed by atoms with E-state index in [0.717, 1.165) is 15.0 Å². The largest absolute Gasteiger partial charge is 0.339 e. The van der Waals surface area contributed by atoms with E-state index in [-0.39, 0.29) is 0 Å². The van der Waals surface area contributed by atoms with Crippen LogP contribution in [0, 0.1) is 11.3 Å². The highest BCUT2D eigenvalue weighted by Gasteiger charge is 2.13. The van der Waals surface area contributed by atoms with E-state index in [1.165, 1.54) is 11.3 Å². The number of thiazole rings is 1. The molecule has 0 amide bonds. The number of benzene rings is 1. The van der Waals surface area contributed by atoms with E-state index >= 15 is 0 Å². The number of nitriles is 1. The molecule has 0 saturated heterocycles. The summed E-state index contributed by atoms with van der Waals surface area (Å²) in [5.74, 6) is 0.944. The van der Waals surface area contributed by atoms with Crippen LogP contribution in [-0.2, 0) is 6.42 Å². The number of rotatable bonds is 3. The molecule has 0 saturated carbocycles. The maximum Gasteiger partial charge on any atom is 0.231 e. The van der Waals surface area contributed by atoms with Crippen LogP contribution < -0.4 is 0 Å². The molecule has 2 heterocycles. The average Bonchev–Trinajstić information content (AvgIpc) is 3.11. The molecule has 0 aliphatic carbocycles. The number of hydrogen-bond acceptors (Lipinski definition) is 6. The fourth-order valence-electron chi connectivity index (χ4n) is 1.72. The Labute approximate surface area is 127 Å². The van der Waals surface area contributed by atoms with Gasteiger partial charge in [-0.05, 0) is 17.7 Å². The Balaban J connectivity index is 1.87. The molecule has 0 unspecified atom stereocenters. The van der Waals surface area contributed by atoms with Crippen molar-refractivity contribution in [2.24, 2.45) is 0 Å². The zero-order valence-electron chi connectivity index (χ0n) is 10.1. The topological polar surface area (TPSA) is 75.6 Å². The van der Waals surface area contributed by atoms with Gasteiger partial charge in [0.15, 0.2) is 5.01 Å². The first-order valence-corrected chi connectivity index (χ1v) is 7.34. The molecule has 0 atom stereocenters. The molecule has 0 radical (unpaired) electrons. The molecule has 0 spiro atoms. The van der Waals surface area contributed by atoms with Crippen LogP contribution in [0.5, 0.6) is 0 Å². The molecule has 0 aliphatic heterocycles. The Morgan fingerprint density at radius 3 is 3.05 bits per heavy atom. The summed E-state index contributed by atoms with van der Waals surface area (Å²) in [6.07, 6.45) is 2.12. The SMILES string of the molecule is N#Cc1cc(Br)ccc1Cc1nc(-c2nccs2)no1. The minimum atomic E-state index is 0.425. The van der Waals surface area contributed by atoms with Gasteiger partial charge in [-0.1, -0.05) is 27.2 Å². The summed E-state index contributed by atoms with van der Waals surface area (Å²) < 4.78 is 6.07. The van der Waals surface area contributed by atoms with Gasteiger partial charge in [-0.15, -0.1) is 11.3 Å². The number of aromatic nitrogens is 3. The van der Waals surface area contributed by atoms with Gasteiger partial charge in [0.05, 0.1) is 18.1 Å². The van der Waals surface area contributed by atoms with Crippen LogP contribution in [0.15, 0.2) is 38.8 Å². The van der Waals surface area contributed by atoms with Gasteiger partial charge < -0.3 is 4.52 Å². The van der Waals surface area contributed by atoms with Crippen molar-refractivity contribution in [2.75, 3.05) is 0 Å². The first-order valence-electron chi connectivity index (χ1n) is 5.67. The Hall–Kier alpha value is -2.04. The quantitative estimate of drug-likeness (QED) is 0.726. The zero-order valence-corrected chi connectivity index (χ0v) is 12.5. The average molecular weight is 347 g/mol. The summed E-state index contributed by atoms with van der Waals surface area (Å²) in [4.78, 5) is 8.42. The maximum absolute atomic E-state index is 9.13. The fourth-order valence-corrected chi connectivity index (χ4v) is 2.64. The summed E-state index contributed by atoms with van der Waals surface area (Å²) in [6.45, 7) is 0.